The van der Waals surface area contributed by atoms with Crippen LogP contribution in [0.15, 0.2) is 48.5 Å². The van der Waals surface area contributed by atoms with E-state index in [4.69, 9.17) is 12.2 Å². The van der Waals surface area contributed by atoms with Crippen molar-refractivity contribution >= 4 is 28.9 Å². The monoisotopic (exact) mass is 308 g/mol. The Morgan fingerprint density at radius 1 is 1.09 bits per heavy atom. The van der Waals surface area contributed by atoms with E-state index in [2.05, 4.69) is 17.0 Å². The Morgan fingerprint density at radius 2 is 1.86 bits per heavy atom. The van der Waals surface area contributed by atoms with Gasteiger partial charge in [0, 0.05) is 13.0 Å². The van der Waals surface area contributed by atoms with Gasteiger partial charge < -0.3 is 4.90 Å². The Kier molecular flexibility index (Phi) is 3.01. The zero-order valence-corrected chi connectivity index (χ0v) is 13.1. The van der Waals surface area contributed by atoms with E-state index in [1.54, 1.807) is 4.90 Å². The van der Waals surface area contributed by atoms with Gasteiger partial charge in [0.05, 0.1) is 5.69 Å². The number of nitrogens with zero attached hydrogens (tertiary/aromatic N) is 2. The van der Waals surface area contributed by atoms with Crippen molar-refractivity contribution in [3.63, 3.8) is 0 Å². The molecule has 2 aliphatic heterocycles. The van der Waals surface area contributed by atoms with E-state index in [0.29, 0.717) is 11.7 Å². The van der Waals surface area contributed by atoms with Crippen molar-refractivity contribution in [3.8, 4) is 0 Å². The number of fused-ring (bicyclic) bond motifs is 2. The molecule has 0 unspecified atom stereocenters. The molecule has 1 amide bonds. The molecule has 0 saturated carbocycles. The van der Waals surface area contributed by atoms with Crippen LogP contribution >= 0.6 is 12.2 Å². The molecular weight excluding hydrogens is 292 g/mol. The van der Waals surface area contributed by atoms with E-state index in [-0.39, 0.29) is 11.9 Å². The van der Waals surface area contributed by atoms with E-state index in [1.165, 1.54) is 11.1 Å². The minimum absolute atomic E-state index is 0.0881. The number of carbonyl (C=O) groups excluding carboxylic acids is 1. The summed E-state index contributed by atoms with van der Waals surface area (Å²) >= 11 is 5.60. The molecule has 0 N–H and O–H groups in total. The van der Waals surface area contributed by atoms with Gasteiger partial charge >= 0.3 is 0 Å². The van der Waals surface area contributed by atoms with Crippen LogP contribution in [0.2, 0.25) is 0 Å². The summed E-state index contributed by atoms with van der Waals surface area (Å²) in [4.78, 5) is 16.6. The third-order valence-electron chi connectivity index (χ3n) is 4.45. The first-order valence-corrected chi connectivity index (χ1v) is 7.84. The molecule has 1 saturated heterocycles. The molecule has 2 aromatic carbocycles. The lowest BCUT2D eigenvalue weighted by Crippen LogP contribution is -2.39. The number of anilines is 1. The first-order chi connectivity index (χ1) is 10.6. The van der Waals surface area contributed by atoms with Crippen LogP contribution < -0.4 is 4.90 Å². The normalized spacial score (nSPS) is 20.1. The fourth-order valence-electron chi connectivity index (χ4n) is 3.32. The largest absolute Gasteiger partial charge is 0.332 e. The smallest absolute Gasteiger partial charge is 0.256 e. The average molecular weight is 308 g/mol. The highest BCUT2D eigenvalue weighted by atomic mass is 32.1. The number of amides is 1. The van der Waals surface area contributed by atoms with Gasteiger partial charge in [-0.2, -0.15) is 0 Å². The van der Waals surface area contributed by atoms with Crippen LogP contribution in [-0.4, -0.2) is 22.0 Å². The maximum atomic E-state index is 12.9. The molecule has 0 aromatic heterocycles. The Hall–Kier alpha value is -2.20. The van der Waals surface area contributed by atoms with Crippen LogP contribution in [0, 0.1) is 6.92 Å². The van der Waals surface area contributed by atoms with Gasteiger partial charge in [0.2, 0.25) is 0 Å². The molecule has 3 nitrogen and oxygen atoms in total. The first-order valence-electron chi connectivity index (χ1n) is 7.43. The van der Waals surface area contributed by atoms with Gasteiger partial charge in [-0.3, -0.25) is 9.69 Å². The third kappa shape index (κ3) is 1.95. The number of rotatable bonds is 1. The van der Waals surface area contributed by atoms with E-state index >= 15 is 0 Å². The molecule has 22 heavy (non-hydrogen) atoms. The van der Waals surface area contributed by atoms with Crippen molar-refractivity contribution < 1.29 is 4.79 Å². The highest BCUT2D eigenvalue weighted by Gasteiger charge is 2.45. The maximum Gasteiger partial charge on any atom is 0.256 e. The van der Waals surface area contributed by atoms with Crippen LogP contribution in [0.5, 0.6) is 0 Å². The van der Waals surface area contributed by atoms with Crippen LogP contribution in [0.3, 0.4) is 0 Å². The highest BCUT2D eigenvalue weighted by molar-refractivity contribution is 7.80. The summed E-state index contributed by atoms with van der Waals surface area (Å²) in [5, 5.41) is 0.620. The van der Waals surface area contributed by atoms with E-state index in [9.17, 15) is 4.79 Å². The number of aryl methyl sites for hydroxylation is 1. The molecule has 0 bridgehead atoms. The number of benzene rings is 2. The van der Waals surface area contributed by atoms with E-state index < -0.39 is 0 Å². The molecule has 1 fully saturated rings. The average Bonchev–Trinajstić information content (AvgIpc) is 2.76. The fourth-order valence-corrected chi connectivity index (χ4v) is 3.71. The highest BCUT2D eigenvalue weighted by Crippen LogP contribution is 2.33. The number of carbonyl (C=O) groups is 1. The van der Waals surface area contributed by atoms with Gasteiger partial charge in [-0.15, -0.1) is 0 Å². The lowest BCUT2D eigenvalue weighted by molar-refractivity contribution is -0.119. The van der Waals surface area contributed by atoms with Gasteiger partial charge in [-0.05, 0) is 48.0 Å². The van der Waals surface area contributed by atoms with Gasteiger partial charge in [0.1, 0.15) is 6.04 Å². The molecule has 1 atom stereocenters. The summed E-state index contributed by atoms with van der Waals surface area (Å²) in [5.74, 6) is 0.0881. The summed E-state index contributed by atoms with van der Waals surface area (Å²) in [5.41, 5.74) is 4.51. The van der Waals surface area contributed by atoms with Crippen molar-refractivity contribution in [2.24, 2.45) is 0 Å². The Bertz CT molecular complexity index is 743. The molecule has 2 heterocycles. The molecule has 110 valence electrons. The third-order valence-corrected chi connectivity index (χ3v) is 4.87. The molecule has 0 radical (unpaired) electrons. The minimum Gasteiger partial charge on any atom is -0.332 e. The molecule has 2 aliphatic rings. The number of thiocarbonyl (C=S) groups is 1. The van der Waals surface area contributed by atoms with Crippen LogP contribution in [0.1, 0.15) is 16.7 Å². The SMILES string of the molecule is Cc1cccc(N2C(=O)[C@H]3Cc4ccccc4CN3C2=S)c1. The van der Waals surface area contributed by atoms with E-state index in [0.717, 1.165) is 17.7 Å². The molecule has 4 rings (SSSR count). The molecule has 4 heteroatoms. The standard InChI is InChI=1S/C18H16N2OS/c1-12-5-4-8-15(9-12)20-17(21)16-10-13-6-2-3-7-14(13)11-19(16)18(20)22/h2-9,16H,10-11H2,1H3/t16-/m1/s1. The zero-order valence-electron chi connectivity index (χ0n) is 12.3. The second-order valence-corrected chi connectivity index (χ2v) is 6.28. The Morgan fingerprint density at radius 3 is 2.64 bits per heavy atom. The number of hydrogen-bond donors (Lipinski definition) is 0. The molecule has 0 spiro atoms. The van der Waals surface area contributed by atoms with Crippen LogP contribution in [0.4, 0.5) is 5.69 Å². The zero-order chi connectivity index (χ0) is 15.3. The summed E-state index contributed by atoms with van der Waals surface area (Å²) in [6.45, 7) is 2.74. The fraction of sp³-hybridized carbons (Fsp3) is 0.222. The summed E-state index contributed by atoms with van der Waals surface area (Å²) < 4.78 is 0. The predicted octanol–water partition coefficient (Wildman–Crippen LogP) is 3.05. The lowest BCUT2D eigenvalue weighted by Gasteiger charge is -2.30. The second-order valence-electron chi connectivity index (χ2n) is 5.91. The summed E-state index contributed by atoms with van der Waals surface area (Å²) in [6.07, 6.45) is 0.734. The first kappa shape index (κ1) is 13.5. The van der Waals surface area contributed by atoms with E-state index in [1.807, 2.05) is 43.3 Å². The second kappa shape index (κ2) is 4.92. The van der Waals surface area contributed by atoms with Gasteiger partial charge in [-0.1, -0.05) is 36.4 Å². The summed E-state index contributed by atoms with van der Waals surface area (Å²) in [6, 6.07) is 16.1. The van der Waals surface area contributed by atoms with Crippen LogP contribution in [0.25, 0.3) is 0 Å². The maximum absolute atomic E-state index is 12.9. The lowest BCUT2D eigenvalue weighted by atomic mass is 9.95. The van der Waals surface area contributed by atoms with Gasteiger partial charge in [0.25, 0.3) is 5.91 Å². The molecular formula is C18H16N2OS. The Balaban J connectivity index is 1.73. The molecule has 2 aromatic rings. The van der Waals surface area contributed by atoms with Crippen molar-refractivity contribution in [2.75, 3.05) is 4.90 Å². The minimum atomic E-state index is -0.164. The van der Waals surface area contributed by atoms with Gasteiger partial charge in [0.15, 0.2) is 5.11 Å². The number of hydrogen-bond acceptors (Lipinski definition) is 2. The van der Waals surface area contributed by atoms with Crippen molar-refractivity contribution in [1.82, 2.24) is 4.90 Å². The van der Waals surface area contributed by atoms with Crippen molar-refractivity contribution in [1.29, 1.82) is 0 Å². The summed E-state index contributed by atoms with van der Waals surface area (Å²) in [7, 11) is 0. The topological polar surface area (TPSA) is 23.6 Å². The molecule has 0 aliphatic carbocycles. The Labute approximate surface area is 135 Å². The predicted molar refractivity (Wildman–Crippen MR) is 90.7 cm³/mol. The quantitative estimate of drug-likeness (QED) is 0.757. The van der Waals surface area contributed by atoms with Crippen molar-refractivity contribution in [2.45, 2.75) is 25.9 Å². The van der Waals surface area contributed by atoms with Crippen molar-refractivity contribution in [3.05, 3.63) is 65.2 Å². The van der Waals surface area contributed by atoms with Crippen LogP contribution in [-0.2, 0) is 17.8 Å². The van der Waals surface area contributed by atoms with Gasteiger partial charge in [-0.25, -0.2) is 0 Å².